The number of amides is 2. The highest BCUT2D eigenvalue weighted by Crippen LogP contribution is 2.33. The fourth-order valence-corrected chi connectivity index (χ4v) is 4.24. The standard InChI is InChI=1S/C23H25N3O2S2/c1-23(2,3)18-8-6-16(7-9-18)13-19-21(28)26(22(29)30-19)12-10-20(27)25-15-17-5-4-11-24-14-17/h4-9,11,13-14H,10,12,15H2,1-3H3,(H,25,27). The van der Waals surface area contributed by atoms with Crippen molar-refractivity contribution in [1.29, 1.82) is 0 Å². The van der Waals surface area contributed by atoms with E-state index in [1.54, 1.807) is 12.4 Å². The number of hydrogen-bond acceptors (Lipinski definition) is 5. The van der Waals surface area contributed by atoms with Crippen LogP contribution in [0.2, 0.25) is 0 Å². The van der Waals surface area contributed by atoms with Crippen molar-refractivity contribution in [2.75, 3.05) is 6.54 Å². The Bertz CT molecular complexity index is 964. The van der Waals surface area contributed by atoms with Crippen LogP contribution >= 0.6 is 24.0 Å². The topological polar surface area (TPSA) is 62.3 Å². The van der Waals surface area contributed by atoms with Gasteiger partial charge in [0.15, 0.2) is 0 Å². The number of nitrogens with zero attached hydrogens (tertiary/aromatic N) is 2. The molecule has 30 heavy (non-hydrogen) atoms. The van der Waals surface area contributed by atoms with E-state index in [0.29, 0.717) is 15.8 Å². The monoisotopic (exact) mass is 439 g/mol. The smallest absolute Gasteiger partial charge is 0.266 e. The van der Waals surface area contributed by atoms with Crippen molar-refractivity contribution in [2.45, 2.75) is 39.2 Å². The fourth-order valence-electron chi connectivity index (χ4n) is 2.93. The van der Waals surface area contributed by atoms with Crippen LogP contribution in [0.4, 0.5) is 0 Å². The maximum atomic E-state index is 12.7. The average molecular weight is 440 g/mol. The molecule has 2 aromatic rings. The number of aromatic nitrogens is 1. The zero-order chi connectivity index (χ0) is 21.7. The molecule has 0 radical (unpaired) electrons. The lowest BCUT2D eigenvalue weighted by Gasteiger charge is -2.18. The van der Waals surface area contributed by atoms with Gasteiger partial charge >= 0.3 is 0 Å². The van der Waals surface area contributed by atoms with Gasteiger partial charge < -0.3 is 5.32 Å². The third-order valence-corrected chi connectivity index (χ3v) is 6.10. The molecule has 1 N–H and O–H groups in total. The molecule has 1 aromatic heterocycles. The van der Waals surface area contributed by atoms with Crippen molar-refractivity contribution < 1.29 is 9.59 Å². The van der Waals surface area contributed by atoms with Crippen LogP contribution in [0.15, 0.2) is 53.7 Å². The van der Waals surface area contributed by atoms with Gasteiger partial charge in [-0.3, -0.25) is 19.5 Å². The Morgan fingerprint density at radius 1 is 1.23 bits per heavy atom. The highest BCUT2D eigenvalue weighted by Gasteiger charge is 2.32. The number of thiocarbonyl (C=S) groups is 1. The molecule has 1 aliphatic rings. The van der Waals surface area contributed by atoms with Gasteiger partial charge in [0.2, 0.25) is 5.91 Å². The fraction of sp³-hybridized carbons (Fsp3) is 0.304. The first kappa shape index (κ1) is 22.2. The number of benzene rings is 1. The van der Waals surface area contributed by atoms with Gasteiger partial charge in [0.25, 0.3) is 5.91 Å². The zero-order valence-corrected chi connectivity index (χ0v) is 19.0. The number of carbonyl (C=O) groups excluding carboxylic acids is 2. The van der Waals surface area contributed by atoms with Gasteiger partial charge in [0.05, 0.1) is 4.91 Å². The molecular formula is C23H25N3O2S2. The summed E-state index contributed by atoms with van der Waals surface area (Å²) in [6, 6.07) is 11.9. The summed E-state index contributed by atoms with van der Waals surface area (Å²) >= 11 is 6.64. The first-order valence-corrected chi connectivity index (χ1v) is 11.0. The summed E-state index contributed by atoms with van der Waals surface area (Å²) in [5.41, 5.74) is 3.21. The average Bonchev–Trinajstić information content (AvgIpc) is 2.98. The molecule has 1 fully saturated rings. The van der Waals surface area contributed by atoms with Gasteiger partial charge in [-0.15, -0.1) is 0 Å². The molecule has 0 unspecified atom stereocenters. The summed E-state index contributed by atoms with van der Waals surface area (Å²) in [6.45, 7) is 7.18. The maximum absolute atomic E-state index is 12.7. The lowest BCUT2D eigenvalue weighted by Crippen LogP contribution is -2.33. The molecule has 1 aliphatic heterocycles. The second-order valence-electron chi connectivity index (χ2n) is 8.09. The van der Waals surface area contributed by atoms with Gasteiger partial charge in [0, 0.05) is 31.9 Å². The zero-order valence-electron chi connectivity index (χ0n) is 17.3. The quantitative estimate of drug-likeness (QED) is 0.537. The first-order valence-electron chi connectivity index (χ1n) is 9.75. The molecule has 3 rings (SSSR count). The van der Waals surface area contributed by atoms with Crippen molar-refractivity contribution in [1.82, 2.24) is 15.2 Å². The Morgan fingerprint density at radius 3 is 2.60 bits per heavy atom. The molecule has 5 nitrogen and oxygen atoms in total. The van der Waals surface area contributed by atoms with Crippen LogP contribution in [0.1, 0.15) is 43.9 Å². The van der Waals surface area contributed by atoms with E-state index in [2.05, 4.69) is 43.2 Å². The molecule has 2 heterocycles. The van der Waals surface area contributed by atoms with Crippen LogP contribution in [0.5, 0.6) is 0 Å². The van der Waals surface area contributed by atoms with E-state index in [9.17, 15) is 9.59 Å². The number of carbonyl (C=O) groups is 2. The van der Waals surface area contributed by atoms with Crippen LogP contribution in [0.25, 0.3) is 6.08 Å². The van der Waals surface area contributed by atoms with E-state index >= 15 is 0 Å². The third kappa shape index (κ3) is 5.77. The van der Waals surface area contributed by atoms with Crippen molar-refractivity contribution >= 4 is 46.2 Å². The lowest BCUT2D eigenvalue weighted by atomic mass is 9.87. The number of thioether (sulfide) groups is 1. The largest absolute Gasteiger partial charge is 0.352 e. The minimum absolute atomic E-state index is 0.0829. The van der Waals surface area contributed by atoms with Gasteiger partial charge in [-0.2, -0.15) is 0 Å². The first-order chi connectivity index (χ1) is 14.2. The minimum atomic E-state index is -0.148. The Morgan fingerprint density at radius 2 is 1.97 bits per heavy atom. The van der Waals surface area contributed by atoms with Crippen molar-refractivity contribution in [3.05, 3.63) is 70.4 Å². The van der Waals surface area contributed by atoms with Gasteiger partial charge in [-0.25, -0.2) is 0 Å². The summed E-state index contributed by atoms with van der Waals surface area (Å²) < 4.78 is 0.484. The van der Waals surface area contributed by atoms with Crippen LogP contribution in [-0.4, -0.2) is 32.6 Å². The van der Waals surface area contributed by atoms with E-state index in [-0.39, 0.29) is 30.2 Å². The molecule has 0 atom stereocenters. The van der Waals surface area contributed by atoms with Crippen LogP contribution < -0.4 is 5.32 Å². The van der Waals surface area contributed by atoms with Crippen LogP contribution in [0, 0.1) is 0 Å². The number of nitrogens with one attached hydrogen (secondary N) is 1. The van der Waals surface area contributed by atoms with E-state index in [0.717, 1.165) is 11.1 Å². The molecule has 0 saturated carbocycles. The number of pyridine rings is 1. The summed E-state index contributed by atoms with van der Waals surface area (Å²) in [5, 5.41) is 2.84. The second-order valence-corrected chi connectivity index (χ2v) is 9.77. The predicted molar refractivity (Wildman–Crippen MR) is 126 cm³/mol. The molecule has 0 bridgehead atoms. The van der Waals surface area contributed by atoms with Crippen molar-refractivity contribution in [3.8, 4) is 0 Å². The summed E-state index contributed by atoms with van der Waals surface area (Å²) in [4.78, 5) is 31.0. The minimum Gasteiger partial charge on any atom is -0.352 e. The maximum Gasteiger partial charge on any atom is 0.266 e. The summed E-state index contributed by atoms with van der Waals surface area (Å²) in [6.07, 6.45) is 5.45. The molecule has 2 amide bonds. The molecule has 1 aromatic carbocycles. The molecular weight excluding hydrogens is 414 g/mol. The Kier molecular flexibility index (Phi) is 7.05. The molecule has 7 heteroatoms. The Hall–Kier alpha value is -2.51. The van der Waals surface area contributed by atoms with Gasteiger partial charge in [0.1, 0.15) is 4.32 Å². The Balaban J connectivity index is 1.56. The highest BCUT2D eigenvalue weighted by atomic mass is 32.2. The third-order valence-electron chi connectivity index (χ3n) is 4.72. The second kappa shape index (κ2) is 9.53. The molecule has 156 valence electrons. The van der Waals surface area contributed by atoms with Crippen molar-refractivity contribution in [3.63, 3.8) is 0 Å². The molecule has 0 spiro atoms. The van der Waals surface area contributed by atoms with Crippen LogP contribution in [-0.2, 0) is 21.5 Å². The van der Waals surface area contributed by atoms with Crippen molar-refractivity contribution in [2.24, 2.45) is 0 Å². The Labute approximate surface area is 187 Å². The number of hydrogen-bond donors (Lipinski definition) is 1. The lowest BCUT2D eigenvalue weighted by molar-refractivity contribution is -0.123. The van der Waals surface area contributed by atoms with Crippen LogP contribution in [0.3, 0.4) is 0 Å². The number of rotatable bonds is 6. The van der Waals surface area contributed by atoms with E-state index in [4.69, 9.17) is 12.2 Å². The SMILES string of the molecule is CC(C)(C)c1ccc(C=C2SC(=S)N(CCC(=O)NCc3cccnc3)C2=O)cc1. The van der Waals surface area contributed by atoms with E-state index in [1.807, 2.05) is 30.3 Å². The van der Waals surface area contributed by atoms with E-state index in [1.165, 1.54) is 22.2 Å². The molecule has 1 saturated heterocycles. The normalized spacial score (nSPS) is 15.7. The van der Waals surface area contributed by atoms with E-state index < -0.39 is 0 Å². The van der Waals surface area contributed by atoms with Gasteiger partial charge in [-0.05, 0) is 34.2 Å². The van der Waals surface area contributed by atoms with Gasteiger partial charge in [-0.1, -0.05) is 75.1 Å². The predicted octanol–water partition coefficient (Wildman–Crippen LogP) is 4.29. The molecule has 0 aliphatic carbocycles. The highest BCUT2D eigenvalue weighted by molar-refractivity contribution is 8.26. The summed E-state index contributed by atoms with van der Waals surface area (Å²) in [7, 11) is 0. The summed E-state index contributed by atoms with van der Waals surface area (Å²) in [5.74, 6) is -0.278.